The van der Waals surface area contributed by atoms with Gasteiger partial charge in [-0.3, -0.25) is 4.79 Å². The third kappa shape index (κ3) is 4.10. The topological polar surface area (TPSA) is 26.3 Å². The fourth-order valence-corrected chi connectivity index (χ4v) is 2.15. The molecule has 0 unspecified atom stereocenters. The van der Waals surface area contributed by atoms with Gasteiger partial charge in [0.05, 0.1) is 6.61 Å². The predicted molar refractivity (Wildman–Crippen MR) is 81.6 cm³/mol. The molecule has 0 aliphatic heterocycles. The Morgan fingerprint density at radius 1 is 1.10 bits per heavy atom. The van der Waals surface area contributed by atoms with Crippen LogP contribution in [0, 0.1) is 6.92 Å². The third-order valence-corrected chi connectivity index (χ3v) is 3.42. The van der Waals surface area contributed by atoms with Crippen molar-refractivity contribution in [2.75, 3.05) is 6.61 Å². The zero-order valence-corrected chi connectivity index (χ0v) is 12.2. The molecule has 3 heteroatoms. The SMILES string of the molecule is Cc1ccccc1CCCOc1ccc(C(=O)Cl)cc1. The first kappa shape index (κ1) is 14.6. The number of aryl methyl sites for hydroxylation is 2. The van der Waals surface area contributed by atoms with Crippen LogP contribution < -0.4 is 4.74 Å². The second kappa shape index (κ2) is 7.11. The summed E-state index contributed by atoms with van der Waals surface area (Å²) in [5, 5.41) is -0.448. The van der Waals surface area contributed by atoms with E-state index in [4.69, 9.17) is 16.3 Å². The Hall–Kier alpha value is -1.80. The molecule has 2 rings (SSSR count). The summed E-state index contributed by atoms with van der Waals surface area (Å²) in [6.07, 6.45) is 1.96. The van der Waals surface area contributed by atoms with Crippen molar-refractivity contribution in [3.8, 4) is 5.75 Å². The summed E-state index contributed by atoms with van der Waals surface area (Å²) in [7, 11) is 0. The number of carbonyl (C=O) groups excluding carboxylic acids is 1. The highest BCUT2D eigenvalue weighted by molar-refractivity contribution is 6.67. The lowest BCUT2D eigenvalue weighted by molar-refractivity contribution is 0.108. The minimum absolute atomic E-state index is 0.448. The van der Waals surface area contributed by atoms with Crippen LogP contribution in [0.15, 0.2) is 48.5 Å². The Balaban J connectivity index is 1.79. The van der Waals surface area contributed by atoms with Gasteiger partial charge in [0.1, 0.15) is 5.75 Å². The van der Waals surface area contributed by atoms with Gasteiger partial charge in [-0.1, -0.05) is 24.3 Å². The number of rotatable bonds is 6. The van der Waals surface area contributed by atoms with Gasteiger partial charge >= 0.3 is 0 Å². The van der Waals surface area contributed by atoms with E-state index in [0.717, 1.165) is 18.6 Å². The number of hydrogen-bond donors (Lipinski definition) is 0. The molecule has 2 nitrogen and oxygen atoms in total. The summed E-state index contributed by atoms with van der Waals surface area (Å²) >= 11 is 5.39. The second-order valence-electron chi connectivity index (χ2n) is 4.68. The highest BCUT2D eigenvalue weighted by Gasteiger charge is 2.02. The van der Waals surface area contributed by atoms with Crippen LogP contribution in [-0.2, 0) is 6.42 Å². The molecule has 0 radical (unpaired) electrons. The van der Waals surface area contributed by atoms with E-state index in [-0.39, 0.29) is 0 Å². The lowest BCUT2D eigenvalue weighted by Crippen LogP contribution is -2.00. The van der Waals surface area contributed by atoms with E-state index in [2.05, 4.69) is 31.2 Å². The average Bonchev–Trinajstić information content (AvgIpc) is 2.46. The molecule has 0 amide bonds. The molecule has 2 aromatic rings. The van der Waals surface area contributed by atoms with E-state index in [1.807, 2.05) is 0 Å². The summed E-state index contributed by atoms with van der Waals surface area (Å²) in [6, 6.07) is 15.3. The van der Waals surface area contributed by atoms with Crippen LogP contribution in [0.3, 0.4) is 0 Å². The first-order valence-electron chi connectivity index (χ1n) is 6.64. The van der Waals surface area contributed by atoms with Crippen LogP contribution in [0.5, 0.6) is 5.75 Å². The Morgan fingerprint density at radius 2 is 1.80 bits per heavy atom. The van der Waals surface area contributed by atoms with Gasteiger partial charge in [0, 0.05) is 5.56 Å². The molecule has 20 heavy (non-hydrogen) atoms. The molecule has 0 saturated heterocycles. The zero-order valence-electron chi connectivity index (χ0n) is 11.4. The highest BCUT2D eigenvalue weighted by Crippen LogP contribution is 2.15. The van der Waals surface area contributed by atoms with Crippen LogP contribution >= 0.6 is 11.6 Å². The quantitative estimate of drug-likeness (QED) is 0.582. The number of halogens is 1. The van der Waals surface area contributed by atoms with Crippen molar-refractivity contribution < 1.29 is 9.53 Å². The molecule has 0 heterocycles. The van der Waals surface area contributed by atoms with Gasteiger partial charge in [-0.05, 0) is 66.8 Å². The lowest BCUT2D eigenvalue weighted by Gasteiger charge is -2.08. The van der Waals surface area contributed by atoms with Crippen LogP contribution in [0.2, 0.25) is 0 Å². The van der Waals surface area contributed by atoms with Gasteiger partial charge in [-0.2, -0.15) is 0 Å². The highest BCUT2D eigenvalue weighted by atomic mass is 35.5. The van der Waals surface area contributed by atoms with E-state index >= 15 is 0 Å². The van der Waals surface area contributed by atoms with Crippen LogP contribution in [0.25, 0.3) is 0 Å². The smallest absolute Gasteiger partial charge is 0.252 e. The van der Waals surface area contributed by atoms with Crippen molar-refractivity contribution >= 4 is 16.8 Å². The molecule has 0 atom stereocenters. The maximum Gasteiger partial charge on any atom is 0.252 e. The molecule has 2 aromatic carbocycles. The van der Waals surface area contributed by atoms with Crippen LogP contribution in [-0.4, -0.2) is 11.8 Å². The van der Waals surface area contributed by atoms with Crippen LogP contribution in [0.1, 0.15) is 27.9 Å². The van der Waals surface area contributed by atoms with Crippen molar-refractivity contribution in [1.82, 2.24) is 0 Å². The van der Waals surface area contributed by atoms with Crippen molar-refractivity contribution in [2.45, 2.75) is 19.8 Å². The molecule has 0 spiro atoms. The first-order valence-corrected chi connectivity index (χ1v) is 7.02. The predicted octanol–water partition coefficient (Wildman–Crippen LogP) is 4.39. The molecular formula is C17H17ClO2. The van der Waals surface area contributed by atoms with Crippen molar-refractivity contribution in [3.63, 3.8) is 0 Å². The van der Waals surface area contributed by atoms with E-state index in [0.29, 0.717) is 12.2 Å². The van der Waals surface area contributed by atoms with Gasteiger partial charge in [-0.15, -0.1) is 0 Å². The Labute approximate surface area is 124 Å². The van der Waals surface area contributed by atoms with E-state index in [1.54, 1.807) is 24.3 Å². The van der Waals surface area contributed by atoms with E-state index < -0.39 is 5.24 Å². The summed E-state index contributed by atoms with van der Waals surface area (Å²) in [6.45, 7) is 2.78. The fourth-order valence-electron chi connectivity index (χ4n) is 2.03. The second-order valence-corrected chi connectivity index (χ2v) is 5.02. The normalized spacial score (nSPS) is 10.3. The van der Waals surface area contributed by atoms with Crippen LogP contribution in [0.4, 0.5) is 0 Å². The standard InChI is InChI=1S/C17H17ClO2/c1-13-5-2-3-6-14(13)7-4-12-20-16-10-8-15(9-11-16)17(18)19/h2-3,5-6,8-11H,4,7,12H2,1H3. The minimum atomic E-state index is -0.448. The summed E-state index contributed by atoms with van der Waals surface area (Å²) in [4.78, 5) is 10.9. The monoisotopic (exact) mass is 288 g/mol. The Bertz CT molecular complexity index is 576. The fraction of sp³-hybridized carbons (Fsp3) is 0.235. The maximum absolute atomic E-state index is 10.9. The van der Waals surface area contributed by atoms with Gasteiger partial charge in [0.2, 0.25) is 0 Å². The third-order valence-electron chi connectivity index (χ3n) is 3.20. The summed E-state index contributed by atoms with van der Waals surface area (Å²) < 4.78 is 5.65. The summed E-state index contributed by atoms with van der Waals surface area (Å²) in [5.74, 6) is 0.761. The Morgan fingerprint density at radius 3 is 2.45 bits per heavy atom. The molecule has 0 aliphatic carbocycles. The number of benzene rings is 2. The van der Waals surface area contributed by atoms with Gasteiger partial charge < -0.3 is 4.74 Å². The lowest BCUT2D eigenvalue weighted by atomic mass is 10.0. The maximum atomic E-state index is 10.9. The van der Waals surface area contributed by atoms with Gasteiger partial charge in [0.15, 0.2) is 0 Å². The van der Waals surface area contributed by atoms with Gasteiger partial charge in [0.25, 0.3) is 5.24 Å². The number of carbonyl (C=O) groups is 1. The molecule has 0 N–H and O–H groups in total. The largest absolute Gasteiger partial charge is 0.494 e. The molecule has 0 fully saturated rings. The molecule has 0 aliphatic rings. The minimum Gasteiger partial charge on any atom is -0.494 e. The average molecular weight is 289 g/mol. The molecule has 104 valence electrons. The molecule has 0 saturated carbocycles. The first-order chi connectivity index (χ1) is 9.66. The zero-order chi connectivity index (χ0) is 14.4. The molecule has 0 aromatic heterocycles. The van der Waals surface area contributed by atoms with Crippen molar-refractivity contribution in [2.24, 2.45) is 0 Å². The van der Waals surface area contributed by atoms with Crippen molar-refractivity contribution in [1.29, 1.82) is 0 Å². The summed E-state index contributed by atoms with van der Waals surface area (Å²) in [5.41, 5.74) is 3.16. The van der Waals surface area contributed by atoms with E-state index in [9.17, 15) is 4.79 Å². The van der Waals surface area contributed by atoms with Crippen molar-refractivity contribution in [3.05, 3.63) is 65.2 Å². The van der Waals surface area contributed by atoms with E-state index in [1.165, 1.54) is 11.1 Å². The number of ether oxygens (including phenoxy) is 1. The molecule has 0 bridgehead atoms. The number of hydrogen-bond acceptors (Lipinski definition) is 2. The Kier molecular flexibility index (Phi) is 5.19. The molecular weight excluding hydrogens is 272 g/mol. The van der Waals surface area contributed by atoms with Gasteiger partial charge in [-0.25, -0.2) is 0 Å².